The molecule has 3 aromatic rings. The molecule has 0 aliphatic rings. The molecule has 1 unspecified atom stereocenters. The summed E-state index contributed by atoms with van der Waals surface area (Å²) in [6, 6.07) is 19.6. The van der Waals surface area contributed by atoms with Crippen molar-refractivity contribution in [3.05, 3.63) is 83.2 Å². The van der Waals surface area contributed by atoms with Gasteiger partial charge in [-0.2, -0.15) is 0 Å². The molecule has 1 atom stereocenters. The average Bonchev–Trinajstić information content (AvgIpc) is 3.12. The van der Waals surface area contributed by atoms with Crippen LogP contribution in [0.4, 0.5) is 0 Å². The van der Waals surface area contributed by atoms with E-state index in [1.54, 1.807) is 7.11 Å². The van der Waals surface area contributed by atoms with Crippen molar-refractivity contribution in [2.24, 2.45) is 0 Å². The minimum Gasteiger partial charge on any atom is -0.497 e. The summed E-state index contributed by atoms with van der Waals surface area (Å²) in [4.78, 5) is 12.9. The Morgan fingerprint density at radius 1 is 1.15 bits per heavy atom. The maximum Gasteiger partial charge on any atom is 0.227 e. The number of hydrogen-bond acceptors (Lipinski definition) is 4. The van der Waals surface area contributed by atoms with Crippen molar-refractivity contribution in [2.45, 2.75) is 25.7 Å². The van der Waals surface area contributed by atoms with Crippen LogP contribution in [0.25, 0.3) is 0 Å². The van der Waals surface area contributed by atoms with Gasteiger partial charge in [-0.05, 0) is 36.6 Å². The minimum atomic E-state index is -0.290. The quantitative estimate of drug-likeness (QED) is 0.662. The summed E-state index contributed by atoms with van der Waals surface area (Å²) >= 11 is 0. The normalized spacial score (nSPS) is 11.8. The van der Waals surface area contributed by atoms with Crippen molar-refractivity contribution in [3.8, 4) is 5.75 Å². The van der Waals surface area contributed by atoms with E-state index in [0.717, 1.165) is 28.3 Å². The molecule has 1 N–H and O–H groups in total. The largest absolute Gasteiger partial charge is 0.497 e. The maximum atomic E-state index is 12.9. The molecule has 0 saturated carbocycles. The Balaban J connectivity index is 1.72. The highest BCUT2D eigenvalue weighted by Crippen LogP contribution is 2.25. The Morgan fingerprint density at radius 3 is 2.67 bits per heavy atom. The number of nitrogens with one attached hydrogen (secondary N) is 1. The predicted molar refractivity (Wildman–Crippen MR) is 104 cm³/mol. The summed E-state index contributed by atoms with van der Waals surface area (Å²) in [5, 5.41) is 7.00. The van der Waals surface area contributed by atoms with Crippen molar-refractivity contribution in [1.82, 2.24) is 10.5 Å². The standard InChI is InChI=1S/C22H24N2O3/c1-16-13-19(24-27-16)11-12-23-22(25)21(14-17-7-4-3-5-8-17)18-9-6-10-20(15-18)26-2/h3-10,13,15,21H,11-12,14H2,1-2H3,(H,23,25). The van der Waals surface area contributed by atoms with Crippen LogP contribution in [0.15, 0.2) is 65.2 Å². The Morgan fingerprint density at radius 2 is 1.96 bits per heavy atom. The highest BCUT2D eigenvalue weighted by Gasteiger charge is 2.21. The lowest BCUT2D eigenvalue weighted by atomic mass is 9.91. The number of amides is 1. The van der Waals surface area contributed by atoms with Crippen molar-refractivity contribution in [1.29, 1.82) is 0 Å². The Bertz CT molecular complexity index is 874. The first-order chi connectivity index (χ1) is 13.2. The molecule has 3 rings (SSSR count). The Hall–Kier alpha value is -3.08. The van der Waals surface area contributed by atoms with Crippen molar-refractivity contribution in [3.63, 3.8) is 0 Å². The van der Waals surface area contributed by atoms with Crippen LogP contribution in [-0.2, 0) is 17.6 Å². The van der Waals surface area contributed by atoms with Gasteiger partial charge in [0.15, 0.2) is 0 Å². The highest BCUT2D eigenvalue weighted by molar-refractivity contribution is 5.84. The number of carbonyl (C=O) groups excluding carboxylic acids is 1. The summed E-state index contributed by atoms with van der Waals surface area (Å²) in [6.07, 6.45) is 1.27. The van der Waals surface area contributed by atoms with Gasteiger partial charge < -0.3 is 14.6 Å². The van der Waals surface area contributed by atoms with E-state index in [2.05, 4.69) is 10.5 Å². The molecular weight excluding hydrogens is 340 g/mol. The van der Waals surface area contributed by atoms with E-state index >= 15 is 0 Å². The molecule has 0 aliphatic carbocycles. The molecule has 0 fully saturated rings. The van der Waals surface area contributed by atoms with Crippen LogP contribution in [0.1, 0.15) is 28.5 Å². The van der Waals surface area contributed by atoms with E-state index in [4.69, 9.17) is 9.26 Å². The number of ether oxygens (including phenoxy) is 1. The van der Waals surface area contributed by atoms with Crippen LogP contribution in [0, 0.1) is 6.92 Å². The van der Waals surface area contributed by atoms with Crippen molar-refractivity contribution < 1.29 is 14.1 Å². The zero-order valence-corrected chi connectivity index (χ0v) is 15.6. The number of nitrogens with zero attached hydrogens (tertiary/aromatic N) is 1. The fourth-order valence-corrected chi connectivity index (χ4v) is 3.04. The second-order valence-corrected chi connectivity index (χ2v) is 6.49. The number of methoxy groups -OCH3 is 1. The third-order valence-electron chi connectivity index (χ3n) is 4.45. The molecule has 1 amide bonds. The number of aromatic nitrogens is 1. The van der Waals surface area contributed by atoms with Crippen LogP contribution < -0.4 is 10.1 Å². The van der Waals surface area contributed by atoms with Crippen LogP contribution >= 0.6 is 0 Å². The smallest absolute Gasteiger partial charge is 0.227 e. The van der Waals surface area contributed by atoms with E-state index in [0.29, 0.717) is 19.4 Å². The molecule has 27 heavy (non-hydrogen) atoms. The fourth-order valence-electron chi connectivity index (χ4n) is 3.04. The van der Waals surface area contributed by atoms with Gasteiger partial charge in [-0.15, -0.1) is 0 Å². The summed E-state index contributed by atoms with van der Waals surface area (Å²) in [5.74, 6) is 1.22. The zero-order valence-electron chi connectivity index (χ0n) is 15.6. The van der Waals surface area contributed by atoms with Gasteiger partial charge in [0.1, 0.15) is 11.5 Å². The molecule has 1 heterocycles. The number of aryl methyl sites for hydroxylation is 1. The van der Waals surface area contributed by atoms with E-state index < -0.39 is 0 Å². The maximum absolute atomic E-state index is 12.9. The first kappa shape index (κ1) is 18.7. The number of rotatable bonds is 8. The average molecular weight is 364 g/mol. The Labute approximate surface area is 159 Å². The van der Waals surface area contributed by atoms with Crippen LogP contribution in [0.3, 0.4) is 0 Å². The van der Waals surface area contributed by atoms with E-state index in [1.165, 1.54) is 0 Å². The lowest BCUT2D eigenvalue weighted by molar-refractivity contribution is -0.122. The summed E-state index contributed by atoms with van der Waals surface area (Å²) in [5.41, 5.74) is 2.90. The summed E-state index contributed by atoms with van der Waals surface area (Å²) < 4.78 is 10.4. The second-order valence-electron chi connectivity index (χ2n) is 6.49. The van der Waals surface area contributed by atoms with Crippen molar-refractivity contribution >= 4 is 5.91 Å². The summed E-state index contributed by atoms with van der Waals surface area (Å²) in [7, 11) is 1.63. The molecule has 0 bridgehead atoms. The zero-order chi connectivity index (χ0) is 19.1. The first-order valence-corrected chi connectivity index (χ1v) is 9.03. The third kappa shape index (κ3) is 5.20. The van der Waals surface area contributed by atoms with Gasteiger partial charge in [0.05, 0.1) is 18.7 Å². The molecule has 0 radical (unpaired) electrons. The molecule has 140 valence electrons. The van der Waals surface area contributed by atoms with Gasteiger partial charge in [0, 0.05) is 19.0 Å². The van der Waals surface area contributed by atoms with Gasteiger partial charge in [-0.25, -0.2) is 0 Å². The van der Waals surface area contributed by atoms with E-state index in [1.807, 2.05) is 67.6 Å². The monoisotopic (exact) mass is 364 g/mol. The molecule has 1 aromatic heterocycles. The lowest BCUT2D eigenvalue weighted by Crippen LogP contribution is -2.32. The molecule has 5 nitrogen and oxygen atoms in total. The van der Waals surface area contributed by atoms with Crippen LogP contribution in [0.2, 0.25) is 0 Å². The van der Waals surface area contributed by atoms with Crippen LogP contribution in [-0.4, -0.2) is 24.7 Å². The SMILES string of the molecule is COc1cccc(C(Cc2ccccc2)C(=O)NCCc2cc(C)on2)c1. The molecule has 0 spiro atoms. The number of benzene rings is 2. The number of carbonyl (C=O) groups is 1. The van der Waals surface area contributed by atoms with Gasteiger partial charge in [-0.1, -0.05) is 47.6 Å². The van der Waals surface area contributed by atoms with Gasteiger partial charge in [-0.3, -0.25) is 4.79 Å². The third-order valence-corrected chi connectivity index (χ3v) is 4.45. The van der Waals surface area contributed by atoms with Gasteiger partial charge in [0.25, 0.3) is 0 Å². The predicted octanol–water partition coefficient (Wildman–Crippen LogP) is 3.68. The molecular formula is C22H24N2O3. The van der Waals surface area contributed by atoms with E-state index in [-0.39, 0.29) is 11.8 Å². The van der Waals surface area contributed by atoms with E-state index in [9.17, 15) is 4.79 Å². The highest BCUT2D eigenvalue weighted by atomic mass is 16.5. The minimum absolute atomic E-state index is 0.00711. The van der Waals surface area contributed by atoms with Gasteiger partial charge >= 0.3 is 0 Å². The van der Waals surface area contributed by atoms with Crippen molar-refractivity contribution in [2.75, 3.05) is 13.7 Å². The lowest BCUT2D eigenvalue weighted by Gasteiger charge is -2.18. The summed E-state index contributed by atoms with van der Waals surface area (Å²) in [6.45, 7) is 2.37. The van der Waals surface area contributed by atoms with Crippen LogP contribution in [0.5, 0.6) is 5.75 Å². The molecule has 0 aliphatic heterocycles. The fraction of sp³-hybridized carbons (Fsp3) is 0.273. The topological polar surface area (TPSA) is 64.4 Å². The molecule has 5 heteroatoms. The Kier molecular flexibility index (Phi) is 6.26. The first-order valence-electron chi connectivity index (χ1n) is 9.03. The molecule has 2 aromatic carbocycles. The number of hydrogen-bond donors (Lipinski definition) is 1. The molecule has 0 saturated heterocycles. The van der Waals surface area contributed by atoms with Gasteiger partial charge in [0.2, 0.25) is 5.91 Å². The second kappa shape index (κ2) is 9.03.